The summed E-state index contributed by atoms with van der Waals surface area (Å²) < 4.78 is 5.06. The lowest BCUT2D eigenvalue weighted by molar-refractivity contribution is 0.136. The van der Waals surface area contributed by atoms with Gasteiger partial charge in [0.2, 0.25) is 0 Å². The molecule has 0 rings (SSSR count). The number of rotatable bonds is 10. The minimum Gasteiger partial charge on any atom is -0.367 e. The van der Waals surface area contributed by atoms with Gasteiger partial charge in [0.15, 0.2) is 0 Å². The van der Waals surface area contributed by atoms with Crippen molar-refractivity contribution in [2.24, 2.45) is 5.73 Å². The molecule has 0 bridgehead atoms. The molecule has 0 aliphatic heterocycles. The number of hydrogen-bond donors (Lipinski definition) is 1. The standard InChI is InChI=1S/C11H25NO/c1-2-3-4-5-6-7-8-9-10-13-11-12/h2-12H2,1H3. The van der Waals surface area contributed by atoms with Crippen molar-refractivity contribution in [2.75, 3.05) is 13.3 Å². The molecule has 0 aliphatic rings. The molecule has 0 saturated carbocycles. The summed E-state index contributed by atoms with van der Waals surface area (Å²) in [6.07, 6.45) is 10.8. The van der Waals surface area contributed by atoms with E-state index in [2.05, 4.69) is 6.92 Å². The van der Waals surface area contributed by atoms with E-state index < -0.39 is 0 Å². The third-order valence-corrected chi connectivity index (χ3v) is 2.26. The first kappa shape index (κ1) is 12.9. The van der Waals surface area contributed by atoms with Crippen LogP contribution >= 0.6 is 0 Å². The van der Waals surface area contributed by atoms with Crippen molar-refractivity contribution in [1.82, 2.24) is 0 Å². The molecule has 13 heavy (non-hydrogen) atoms. The maximum atomic E-state index is 5.20. The Balaban J connectivity index is 2.76. The molecule has 0 unspecified atom stereocenters. The summed E-state index contributed by atoms with van der Waals surface area (Å²) >= 11 is 0. The first-order chi connectivity index (χ1) is 6.41. The van der Waals surface area contributed by atoms with Crippen LogP contribution in [0.15, 0.2) is 0 Å². The maximum absolute atomic E-state index is 5.20. The average Bonchev–Trinajstić information content (AvgIpc) is 2.16. The summed E-state index contributed by atoms with van der Waals surface area (Å²) in [4.78, 5) is 0. The molecule has 0 heterocycles. The molecule has 0 saturated heterocycles. The molecule has 0 amide bonds. The van der Waals surface area contributed by atoms with Gasteiger partial charge in [-0.3, -0.25) is 0 Å². The molecule has 80 valence electrons. The normalized spacial score (nSPS) is 10.6. The van der Waals surface area contributed by atoms with Gasteiger partial charge in [-0.25, -0.2) is 0 Å². The predicted molar refractivity (Wildman–Crippen MR) is 57.6 cm³/mol. The molecule has 0 aromatic heterocycles. The van der Waals surface area contributed by atoms with Crippen molar-refractivity contribution in [3.8, 4) is 0 Å². The summed E-state index contributed by atoms with van der Waals surface area (Å²) in [5, 5.41) is 0. The fourth-order valence-electron chi connectivity index (χ4n) is 1.42. The predicted octanol–water partition coefficient (Wildman–Crippen LogP) is 3.06. The van der Waals surface area contributed by atoms with Crippen LogP contribution in [0.3, 0.4) is 0 Å². The quantitative estimate of drug-likeness (QED) is 0.421. The van der Waals surface area contributed by atoms with Gasteiger partial charge >= 0.3 is 0 Å². The second-order valence-electron chi connectivity index (χ2n) is 3.55. The number of unbranched alkanes of at least 4 members (excludes halogenated alkanes) is 7. The van der Waals surface area contributed by atoms with Crippen LogP contribution in [0.1, 0.15) is 58.3 Å². The summed E-state index contributed by atoms with van der Waals surface area (Å²) in [6.45, 7) is 3.46. The van der Waals surface area contributed by atoms with Crippen molar-refractivity contribution in [1.29, 1.82) is 0 Å². The summed E-state index contributed by atoms with van der Waals surface area (Å²) in [5.41, 5.74) is 5.20. The van der Waals surface area contributed by atoms with Crippen molar-refractivity contribution in [3.63, 3.8) is 0 Å². The number of hydrogen-bond acceptors (Lipinski definition) is 2. The SMILES string of the molecule is CCCCCCCCCCOCN. The third kappa shape index (κ3) is 11.9. The second kappa shape index (κ2) is 11.9. The van der Waals surface area contributed by atoms with Gasteiger partial charge in [-0.15, -0.1) is 0 Å². The van der Waals surface area contributed by atoms with Gasteiger partial charge < -0.3 is 10.5 Å². The van der Waals surface area contributed by atoms with Crippen LogP contribution in [0, 0.1) is 0 Å². The lowest BCUT2D eigenvalue weighted by Gasteiger charge is -2.01. The van der Waals surface area contributed by atoms with E-state index in [9.17, 15) is 0 Å². The molecule has 2 heteroatoms. The van der Waals surface area contributed by atoms with Gasteiger partial charge in [-0.05, 0) is 6.42 Å². The van der Waals surface area contributed by atoms with E-state index in [0.717, 1.165) is 6.61 Å². The van der Waals surface area contributed by atoms with Crippen molar-refractivity contribution >= 4 is 0 Å². The minimum absolute atomic E-state index is 0.372. The Morgan fingerprint density at radius 2 is 1.38 bits per heavy atom. The Hall–Kier alpha value is -0.0800. The zero-order chi connectivity index (χ0) is 9.78. The van der Waals surface area contributed by atoms with E-state index in [4.69, 9.17) is 10.5 Å². The van der Waals surface area contributed by atoms with E-state index in [1.807, 2.05) is 0 Å². The highest BCUT2D eigenvalue weighted by molar-refractivity contribution is 4.45. The van der Waals surface area contributed by atoms with Crippen molar-refractivity contribution in [3.05, 3.63) is 0 Å². The first-order valence-electron chi connectivity index (χ1n) is 5.69. The largest absolute Gasteiger partial charge is 0.367 e. The fourth-order valence-corrected chi connectivity index (χ4v) is 1.42. The van der Waals surface area contributed by atoms with E-state index in [1.165, 1.54) is 51.4 Å². The lowest BCUT2D eigenvalue weighted by atomic mass is 10.1. The highest BCUT2D eigenvalue weighted by Gasteiger charge is 1.90. The smallest absolute Gasteiger partial charge is 0.0940 e. The second-order valence-corrected chi connectivity index (χ2v) is 3.55. The fraction of sp³-hybridized carbons (Fsp3) is 1.00. The van der Waals surface area contributed by atoms with Crippen molar-refractivity contribution < 1.29 is 4.74 Å². The molecule has 0 spiro atoms. The average molecular weight is 187 g/mol. The molecule has 0 aromatic carbocycles. The van der Waals surface area contributed by atoms with Crippen LogP contribution in [0.2, 0.25) is 0 Å². The molecular formula is C11H25NO. The van der Waals surface area contributed by atoms with Crippen LogP contribution in [0.25, 0.3) is 0 Å². The molecule has 0 aromatic rings. The van der Waals surface area contributed by atoms with Gasteiger partial charge in [0.05, 0.1) is 6.73 Å². The molecule has 0 atom stereocenters. The zero-order valence-electron chi connectivity index (χ0n) is 9.06. The van der Waals surface area contributed by atoms with Gasteiger partial charge in [-0.1, -0.05) is 51.9 Å². The molecule has 0 radical (unpaired) electrons. The van der Waals surface area contributed by atoms with Crippen LogP contribution in [0.4, 0.5) is 0 Å². The minimum atomic E-state index is 0.372. The Kier molecular flexibility index (Phi) is 11.8. The highest BCUT2D eigenvalue weighted by atomic mass is 16.5. The Labute approximate surface area is 82.8 Å². The lowest BCUT2D eigenvalue weighted by Crippen LogP contribution is -2.05. The number of ether oxygens (including phenoxy) is 1. The van der Waals surface area contributed by atoms with Gasteiger partial charge in [0.1, 0.15) is 0 Å². The van der Waals surface area contributed by atoms with E-state index in [1.54, 1.807) is 0 Å². The monoisotopic (exact) mass is 187 g/mol. The first-order valence-corrected chi connectivity index (χ1v) is 5.69. The van der Waals surface area contributed by atoms with E-state index in [-0.39, 0.29) is 0 Å². The summed E-state index contributed by atoms with van der Waals surface area (Å²) in [6, 6.07) is 0. The third-order valence-electron chi connectivity index (χ3n) is 2.26. The van der Waals surface area contributed by atoms with Gasteiger partial charge in [0.25, 0.3) is 0 Å². The van der Waals surface area contributed by atoms with Crippen molar-refractivity contribution in [2.45, 2.75) is 58.3 Å². The number of nitrogens with two attached hydrogens (primary N) is 1. The Morgan fingerprint density at radius 1 is 0.846 bits per heavy atom. The van der Waals surface area contributed by atoms with Crippen LogP contribution in [-0.2, 0) is 4.74 Å². The van der Waals surface area contributed by atoms with Gasteiger partial charge in [0, 0.05) is 6.61 Å². The molecule has 0 aliphatic carbocycles. The van der Waals surface area contributed by atoms with Gasteiger partial charge in [-0.2, -0.15) is 0 Å². The Morgan fingerprint density at radius 3 is 1.92 bits per heavy atom. The van der Waals surface area contributed by atoms with E-state index >= 15 is 0 Å². The molecule has 0 fully saturated rings. The van der Waals surface area contributed by atoms with Crippen LogP contribution < -0.4 is 5.73 Å². The van der Waals surface area contributed by atoms with Crippen LogP contribution in [0.5, 0.6) is 0 Å². The zero-order valence-corrected chi connectivity index (χ0v) is 9.06. The highest BCUT2D eigenvalue weighted by Crippen LogP contribution is 2.07. The molecular weight excluding hydrogens is 162 g/mol. The maximum Gasteiger partial charge on any atom is 0.0940 e. The summed E-state index contributed by atoms with van der Waals surface area (Å²) in [5.74, 6) is 0. The molecule has 2 N–H and O–H groups in total. The van der Waals surface area contributed by atoms with Crippen LogP contribution in [-0.4, -0.2) is 13.3 Å². The summed E-state index contributed by atoms with van der Waals surface area (Å²) in [7, 11) is 0. The molecule has 2 nitrogen and oxygen atoms in total. The van der Waals surface area contributed by atoms with E-state index in [0.29, 0.717) is 6.73 Å². The topological polar surface area (TPSA) is 35.2 Å². The Bertz CT molecular complexity index is 76.2.